The summed E-state index contributed by atoms with van der Waals surface area (Å²) in [5.74, 6) is 0.719. The van der Waals surface area contributed by atoms with Gasteiger partial charge in [-0.3, -0.25) is 4.79 Å². The number of aryl methyl sites for hydroxylation is 1. The number of ketones is 1. The molecule has 0 aliphatic heterocycles. The summed E-state index contributed by atoms with van der Waals surface area (Å²) in [6.45, 7) is 3.82. The zero-order valence-corrected chi connectivity index (χ0v) is 8.75. The van der Waals surface area contributed by atoms with E-state index in [-0.39, 0.29) is 5.78 Å². The molecule has 78 valence electrons. The number of Topliss-reactive ketones (excluding diaryl/α,β-unsaturated/α-hetero) is 1. The lowest BCUT2D eigenvalue weighted by Crippen LogP contribution is -1.99. The van der Waals surface area contributed by atoms with Gasteiger partial charge in [0.05, 0.1) is 7.11 Å². The molecule has 0 aromatic carbocycles. The summed E-state index contributed by atoms with van der Waals surface area (Å²) in [7, 11) is 1.59. The summed E-state index contributed by atoms with van der Waals surface area (Å²) >= 11 is 0. The van der Waals surface area contributed by atoms with Crippen molar-refractivity contribution in [2.75, 3.05) is 7.11 Å². The quantitative estimate of drug-likeness (QED) is 0.517. The van der Waals surface area contributed by atoms with E-state index in [9.17, 15) is 4.79 Å². The van der Waals surface area contributed by atoms with Gasteiger partial charge in [0.1, 0.15) is 0 Å². The average molecular weight is 203 g/mol. The van der Waals surface area contributed by atoms with Gasteiger partial charge < -0.3 is 4.74 Å². The van der Waals surface area contributed by atoms with Crippen LogP contribution in [0.2, 0.25) is 0 Å². The van der Waals surface area contributed by atoms with E-state index in [1.165, 1.54) is 0 Å². The van der Waals surface area contributed by atoms with Crippen LogP contribution in [0, 0.1) is 0 Å². The first-order valence-corrected chi connectivity index (χ1v) is 4.97. The molecule has 1 heterocycles. The summed E-state index contributed by atoms with van der Waals surface area (Å²) in [5.41, 5.74) is 2.56. The molecule has 0 saturated heterocycles. The minimum absolute atomic E-state index is 0.126. The summed E-state index contributed by atoms with van der Waals surface area (Å²) < 4.78 is 5.06. The number of rotatable bonds is 1. The predicted molar refractivity (Wildman–Crippen MR) is 57.8 cm³/mol. The Morgan fingerprint density at radius 1 is 1.47 bits per heavy atom. The lowest BCUT2D eigenvalue weighted by molar-refractivity contribution is -0.113. The van der Waals surface area contributed by atoms with Crippen molar-refractivity contribution in [2.45, 2.75) is 19.3 Å². The van der Waals surface area contributed by atoms with Crippen molar-refractivity contribution in [2.24, 2.45) is 0 Å². The van der Waals surface area contributed by atoms with E-state index in [4.69, 9.17) is 4.74 Å². The molecule has 3 heteroatoms. The van der Waals surface area contributed by atoms with Crippen LogP contribution in [0.25, 0.3) is 5.57 Å². The highest BCUT2D eigenvalue weighted by Gasteiger charge is 2.18. The zero-order chi connectivity index (χ0) is 10.8. The third-order valence-corrected chi connectivity index (χ3v) is 2.69. The van der Waals surface area contributed by atoms with Crippen LogP contribution in [-0.2, 0) is 11.2 Å². The van der Waals surface area contributed by atoms with Crippen LogP contribution in [0.3, 0.4) is 0 Å². The van der Waals surface area contributed by atoms with Gasteiger partial charge in [0.25, 0.3) is 0 Å². The third-order valence-electron chi connectivity index (χ3n) is 2.69. The minimum Gasteiger partial charge on any atom is -0.481 e. The SMILES string of the molecule is C=C1C(=O)CCCc2cc(OC)ncc21. The molecule has 1 aromatic heterocycles. The highest BCUT2D eigenvalue weighted by molar-refractivity contribution is 6.20. The molecule has 1 aliphatic carbocycles. The van der Waals surface area contributed by atoms with E-state index >= 15 is 0 Å². The second kappa shape index (κ2) is 3.85. The van der Waals surface area contributed by atoms with Gasteiger partial charge in [0, 0.05) is 29.8 Å². The maximum absolute atomic E-state index is 11.6. The lowest BCUT2D eigenvalue weighted by atomic mass is 10.0. The van der Waals surface area contributed by atoms with E-state index in [2.05, 4.69) is 11.6 Å². The zero-order valence-electron chi connectivity index (χ0n) is 8.75. The van der Waals surface area contributed by atoms with Gasteiger partial charge in [0.15, 0.2) is 5.78 Å². The fourth-order valence-electron chi connectivity index (χ4n) is 1.81. The first-order chi connectivity index (χ1) is 7.22. The average Bonchev–Trinajstić information content (AvgIpc) is 2.40. The molecule has 15 heavy (non-hydrogen) atoms. The Morgan fingerprint density at radius 2 is 2.27 bits per heavy atom. The number of aromatic nitrogens is 1. The Labute approximate surface area is 88.8 Å². The van der Waals surface area contributed by atoms with Gasteiger partial charge in [-0.2, -0.15) is 0 Å². The van der Waals surface area contributed by atoms with Crippen LogP contribution < -0.4 is 4.74 Å². The van der Waals surface area contributed by atoms with Gasteiger partial charge in [-0.1, -0.05) is 6.58 Å². The molecule has 0 amide bonds. The predicted octanol–water partition coefficient (Wildman–Crippen LogP) is 2.01. The molecule has 0 fully saturated rings. The molecule has 2 rings (SSSR count). The summed E-state index contributed by atoms with van der Waals surface area (Å²) in [5, 5.41) is 0. The topological polar surface area (TPSA) is 39.2 Å². The second-order valence-corrected chi connectivity index (χ2v) is 3.64. The van der Waals surface area contributed by atoms with Crippen LogP contribution in [0.1, 0.15) is 24.0 Å². The summed E-state index contributed by atoms with van der Waals surface area (Å²) in [6, 6.07) is 1.89. The number of ether oxygens (including phenoxy) is 1. The summed E-state index contributed by atoms with van der Waals surface area (Å²) in [4.78, 5) is 15.7. The second-order valence-electron chi connectivity index (χ2n) is 3.64. The van der Waals surface area contributed by atoms with E-state index in [1.54, 1.807) is 13.3 Å². The molecule has 1 aliphatic rings. The minimum atomic E-state index is 0.126. The first kappa shape index (κ1) is 9.90. The van der Waals surface area contributed by atoms with Gasteiger partial charge in [0.2, 0.25) is 5.88 Å². The number of fused-ring (bicyclic) bond motifs is 1. The maximum atomic E-state index is 11.6. The molecule has 0 saturated carbocycles. The molecular formula is C12H13NO2. The standard InChI is InChI=1S/C12H13NO2/c1-8-10-7-13-12(15-2)6-9(10)4-3-5-11(8)14/h6-7H,1,3-5H2,2H3. The third kappa shape index (κ3) is 1.77. The number of hydrogen-bond donors (Lipinski definition) is 0. The first-order valence-electron chi connectivity index (χ1n) is 4.97. The van der Waals surface area contributed by atoms with Gasteiger partial charge >= 0.3 is 0 Å². The number of nitrogens with zero attached hydrogens (tertiary/aromatic N) is 1. The molecule has 0 radical (unpaired) electrons. The van der Waals surface area contributed by atoms with Crippen LogP contribution in [0.15, 0.2) is 18.8 Å². The Kier molecular flexibility index (Phi) is 2.54. The number of allylic oxidation sites excluding steroid dienone is 1. The van der Waals surface area contributed by atoms with E-state index < -0.39 is 0 Å². The maximum Gasteiger partial charge on any atom is 0.213 e. The van der Waals surface area contributed by atoms with E-state index in [0.29, 0.717) is 17.9 Å². The van der Waals surface area contributed by atoms with Crippen molar-refractivity contribution in [3.8, 4) is 5.88 Å². The van der Waals surface area contributed by atoms with Crippen molar-refractivity contribution in [3.05, 3.63) is 30.0 Å². The number of pyridine rings is 1. The van der Waals surface area contributed by atoms with Crippen molar-refractivity contribution in [1.29, 1.82) is 0 Å². The number of methoxy groups -OCH3 is 1. The fourth-order valence-corrected chi connectivity index (χ4v) is 1.81. The van der Waals surface area contributed by atoms with Gasteiger partial charge in [-0.05, 0) is 18.4 Å². The number of carbonyl (C=O) groups excluding carboxylic acids is 1. The Bertz CT molecular complexity index is 424. The smallest absolute Gasteiger partial charge is 0.213 e. The molecule has 0 N–H and O–H groups in total. The van der Waals surface area contributed by atoms with Crippen LogP contribution >= 0.6 is 0 Å². The number of carbonyl (C=O) groups is 1. The molecule has 0 bridgehead atoms. The molecular weight excluding hydrogens is 190 g/mol. The molecule has 3 nitrogen and oxygen atoms in total. The van der Waals surface area contributed by atoms with E-state index in [1.807, 2.05) is 6.07 Å². The summed E-state index contributed by atoms with van der Waals surface area (Å²) in [6.07, 6.45) is 4.02. The molecule has 1 aromatic rings. The van der Waals surface area contributed by atoms with Crippen LogP contribution in [0.4, 0.5) is 0 Å². The molecule has 0 unspecified atom stereocenters. The van der Waals surface area contributed by atoms with Crippen LogP contribution in [0.5, 0.6) is 5.88 Å². The number of hydrogen-bond acceptors (Lipinski definition) is 3. The van der Waals surface area contributed by atoms with Crippen LogP contribution in [-0.4, -0.2) is 17.9 Å². The monoisotopic (exact) mass is 203 g/mol. The Balaban J connectivity index is 2.48. The Hall–Kier alpha value is -1.64. The highest BCUT2D eigenvalue weighted by atomic mass is 16.5. The van der Waals surface area contributed by atoms with Crippen molar-refractivity contribution in [1.82, 2.24) is 4.98 Å². The fraction of sp³-hybridized carbons (Fsp3) is 0.333. The highest BCUT2D eigenvalue weighted by Crippen LogP contribution is 2.27. The van der Waals surface area contributed by atoms with Crippen molar-refractivity contribution < 1.29 is 9.53 Å². The Morgan fingerprint density at radius 3 is 3.00 bits per heavy atom. The molecule has 0 spiro atoms. The molecule has 0 atom stereocenters. The van der Waals surface area contributed by atoms with Crippen molar-refractivity contribution in [3.63, 3.8) is 0 Å². The van der Waals surface area contributed by atoms with E-state index in [0.717, 1.165) is 24.0 Å². The van der Waals surface area contributed by atoms with Gasteiger partial charge in [-0.15, -0.1) is 0 Å². The normalized spacial score (nSPS) is 15.8. The van der Waals surface area contributed by atoms with Crippen molar-refractivity contribution >= 4 is 11.4 Å². The lowest BCUT2D eigenvalue weighted by Gasteiger charge is -2.07. The van der Waals surface area contributed by atoms with Gasteiger partial charge in [-0.25, -0.2) is 4.98 Å². The largest absolute Gasteiger partial charge is 0.481 e.